The van der Waals surface area contributed by atoms with Crippen LogP contribution in [0.3, 0.4) is 0 Å². The van der Waals surface area contributed by atoms with Gasteiger partial charge < -0.3 is 19.3 Å². The Bertz CT molecular complexity index is 838. The molecule has 3 rings (SSSR count). The van der Waals surface area contributed by atoms with Crippen molar-refractivity contribution in [2.24, 2.45) is 0 Å². The van der Waals surface area contributed by atoms with E-state index in [1.54, 1.807) is 23.1 Å². The van der Waals surface area contributed by atoms with Crippen LogP contribution in [-0.2, 0) is 13.1 Å². The summed E-state index contributed by atoms with van der Waals surface area (Å²) in [6.07, 6.45) is 1.62. The van der Waals surface area contributed by atoms with Crippen molar-refractivity contribution in [2.45, 2.75) is 20.0 Å². The minimum atomic E-state index is -0.0144. The first-order valence-corrected chi connectivity index (χ1v) is 7.17. The van der Waals surface area contributed by atoms with Crippen molar-refractivity contribution < 1.29 is 13.9 Å². The van der Waals surface area contributed by atoms with Gasteiger partial charge in [0.2, 0.25) is 5.76 Å². The second kappa shape index (κ2) is 6.42. The molecule has 7 nitrogen and oxygen atoms in total. The number of hydrogen-bond acceptors (Lipinski definition) is 6. The number of nitrogens with zero attached hydrogens (tertiary/aromatic N) is 3. The predicted octanol–water partition coefficient (Wildman–Crippen LogP) is 2.52. The van der Waals surface area contributed by atoms with Crippen LogP contribution in [0.15, 0.2) is 39.4 Å². The molecule has 0 saturated carbocycles. The van der Waals surface area contributed by atoms with Gasteiger partial charge >= 0.3 is 0 Å². The van der Waals surface area contributed by atoms with Crippen molar-refractivity contribution in [1.29, 1.82) is 5.26 Å². The third-order valence-electron chi connectivity index (χ3n) is 3.44. The van der Waals surface area contributed by atoms with Crippen LogP contribution in [0.1, 0.15) is 17.3 Å². The van der Waals surface area contributed by atoms with E-state index in [9.17, 15) is 5.11 Å². The van der Waals surface area contributed by atoms with Crippen LogP contribution >= 0.6 is 0 Å². The lowest BCUT2D eigenvalue weighted by Gasteiger charge is -2.06. The highest BCUT2D eigenvalue weighted by Gasteiger charge is 2.13. The average molecular weight is 312 g/mol. The lowest BCUT2D eigenvalue weighted by molar-refractivity contribution is 0.270. The van der Waals surface area contributed by atoms with Gasteiger partial charge in [-0.25, -0.2) is 4.68 Å². The maximum absolute atomic E-state index is 9.20. The summed E-state index contributed by atoms with van der Waals surface area (Å²) in [5, 5.41) is 25.7. The molecule has 2 N–H and O–H groups in total. The SMILES string of the molecule is Cc1occc1-c1cc(NCc2ccc(C#N)o2)n(CCO)n1. The lowest BCUT2D eigenvalue weighted by atomic mass is 10.2. The zero-order chi connectivity index (χ0) is 16.2. The van der Waals surface area contributed by atoms with Gasteiger partial charge in [-0.2, -0.15) is 10.4 Å². The molecule has 0 saturated heterocycles. The summed E-state index contributed by atoms with van der Waals surface area (Å²) in [6, 6.07) is 9.08. The molecule has 0 spiro atoms. The maximum atomic E-state index is 9.20. The highest BCUT2D eigenvalue weighted by molar-refractivity contribution is 5.64. The van der Waals surface area contributed by atoms with Crippen molar-refractivity contribution in [2.75, 3.05) is 11.9 Å². The molecular formula is C16H16N4O3. The molecular weight excluding hydrogens is 296 g/mol. The van der Waals surface area contributed by atoms with E-state index >= 15 is 0 Å². The highest BCUT2D eigenvalue weighted by Crippen LogP contribution is 2.26. The number of aryl methyl sites for hydroxylation is 1. The summed E-state index contributed by atoms with van der Waals surface area (Å²) < 4.78 is 12.3. The third kappa shape index (κ3) is 3.12. The number of anilines is 1. The number of nitriles is 1. The smallest absolute Gasteiger partial charge is 0.203 e. The normalized spacial score (nSPS) is 10.7. The topological polar surface area (TPSA) is 100 Å². The molecule has 23 heavy (non-hydrogen) atoms. The van der Waals surface area contributed by atoms with Crippen LogP contribution in [0, 0.1) is 18.3 Å². The van der Waals surface area contributed by atoms with E-state index in [4.69, 9.17) is 14.1 Å². The molecule has 0 amide bonds. The van der Waals surface area contributed by atoms with E-state index in [2.05, 4.69) is 10.4 Å². The van der Waals surface area contributed by atoms with Crippen LogP contribution in [0.5, 0.6) is 0 Å². The van der Waals surface area contributed by atoms with Gasteiger partial charge in [0.15, 0.2) is 0 Å². The average Bonchev–Trinajstić information content (AvgIpc) is 3.25. The van der Waals surface area contributed by atoms with Crippen molar-refractivity contribution in [1.82, 2.24) is 9.78 Å². The Kier molecular flexibility index (Phi) is 4.17. The van der Waals surface area contributed by atoms with Gasteiger partial charge in [0.25, 0.3) is 0 Å². The first-order valence-electron chi connectivity index (χ1n) is 7.17. The van der Waals surface area contributed by atoms with Crippen LogP contribution in [0.2, 0.25) is 0 Å². The first kappa shape index (κ1) is 14.9. The van der Waals surface area contributed by atoms with Gasteiger partial charge in [-0.1, -0.05) is 0 Å². The monoisotopic (exact) mass is 312 g/mol. The fraction of sp³-hybridized carbons (Fsp3) is 0.250. The molecule has 0 aliphatic carbocycles. The summed E-state index contributed by atoms with van der Waals surface area (Å²) >= 11 is 0. The molecule has 0 aliphatic rings. The molecule has 3 aromatic rings. The molecule has 3 heterocycles. The van der Waals surface area contributed by atoms with Crippen LogP contribution in [-0.4, -0.2) is 21.5 Å². The Labute approximate surface area is 132 Å². The molecule has 3 aromatic heterocycles. The minimum absolute atomic E-state index is 0.0144. The summed E-state index contributed by atoms with van der Waals surface area (Å²) in [5.74, 6) is 2.47. The second-order valence-electron chi connectivity index (χ2n) is 4.98. The molecule has 0 aliphatic heterocycles. The predicted molar refractivity (Wildman–Crippen MR) is 82.5 cm³/mol. The fourth-order valence-corrected chi connectivity index (χ4v) is 2.32. The Morgan fingerprint density at radius 1 is 1.39 bits per heavy atom. The Hall–Kier alpha value is -2.98. The second-order valence-corrected chi connectivity index (χ2v) is 4.98. The maximum Gasteiger partial charge on any atom is 0.203 e. The number of aromatic nitrogens is 2. The molecule has 0 aromatic carbocycles. The third-order valence-corrected chi connectivity index (χ3v) is 3.44. The summed E-state index contributed by atoms with van der Waals surface area (Å²) in [4.78, 5) is 0. The van der Waals surface area contributed by atoms with Crippen molar-refractivity contribution in [3.63, 3.8) is 0 Å². The summed E-state index contributed by atoms with van der Waals surface area (Å²) in [7, 11) is 0. The largest absolute Gasteiger partial charge is 0.469 e. The van der Waals surface area contributed by atoms with E-state index in [-0.39, 0.29) is 12.4 Å². The highest BCUT2D eigenvalue weighted by atomic mass is 16.3. The Morgan fingerprint density at radius 3 is 2.91 bits per heavy atom. The number of nitrogens with one attached hydrogen (secondary N) is 1. The van der Waals surface area contributed by atoms with E-state index in [0.717, 1.165) is 22.8 Å². The summed E-state index contributed by atoms with van der Waals surface area (Å²) in [6.45, 7) is 2.66. The Balaban J connectivity index is 1.81. The Morgan fingerprint density at radius 2 is 2.26 bits per heavy atom. The number of aliphatic hydroxyl groups is 1. The zero-order valence-corrected chi connectivity index (χ0v) is 12.6. The van der Waals surface area contributed by atoms with Gasteiger partial charge in [0.05, 0.1) is 31.7 Å². The minimum Gasteiger partial charge on any atom is -0.469 e. The van der Waals surface area contributed by atoms with E-state index < -0.39 is 0 Å². The molecule has 0 fully saturated rings. The number of furan rings is 2. The molecule has 7 heteroatoms. The summed E-state index contributed by atoms with van der Waals surface area (Å²) in [5.41, 5.74) is 1.68. The van der Waals surface area contributed by atoms with Crippen molar-refractivity contribution in [3.8, 4) is 17.3 Å². The van der Waals surface area contributed by atoms with Gasteiger partial charge in [-0.3, -0.25) is 0 Å². The quantitative estimate of drug-likeness (QED) is 0.725. The number of rotatable bonds is 6. The van der Waals surface area contributed by atoms with Crippen LogP contribution < -0.4 is 5.32 Å². The number of hydrogen-bond donors (Lipinski definition) is 2. The molecule has 0 unspecified atom stereocenters. The standard InChI is InChI=1S/C16H16N4O3/c1-11-14(4-7-22-11)15-8-16(20(19-15)5-6-21)18-10-13-3-2-12(9-17)23-13/h2-4,7-8,18,21H,5-6,10H2,1H3. The fourth-order valence-electron chi connectivity index (χ4n) is 2.32. The molecule has 0 atom stereocenters. The van der Waals surface area contributed by atoms with Crippen molar-refractivity contribution >= 4 is 5.82 Å². The zero-order valence-electron chi connectivity index (χ0n) is 12.6. The van der Waals surface area contributed by atoms with Gasteiger partial charge in [-0.05, 0) is 25.1 Å². The van der Waals surface area contributed by atoms with Gasteiger partial charge in [0, 0.05) is 11.6 Å². The molecule has 0 bridgehead atoms. The van der Waals surface area contributed by atoms with Crippen LogP contribution in [0.4, 0.5) is 5.82 Å². The number of aliphatic hydroxyl groups excluding tert-OH is 1. The van der Waals surface area contributed by atoms with Crippen molar-refractivity contribution in [3.05, 3.63) is 47.8 Å². The molecule has 0 radical (unpaired) electrons. The first-order chi connectivity index (χ1) is 11.2. The van der Waals surface area contributed by atoms with Gasteiger partial charge in [0.1, 0.15) is 23.4 Å². The lowest BCUT2D eigenvalue weighted by Crippen LogP contribution is -2.10. The van der Waals surface area contributed by atoms with Crippen LogP contribution in [0.25, 0.3) is 11.3 Å². The van der Waals surface area contributed by atoms with E-state index in [1.165, 1.54) is 0 Å². The molecule has 118 valence electrons. The van der Waals surface area contributed by atoms with E-state index in [0.29, 0.717) is 18.8 Å². The van der Waals surface area contributed by atoms with E-state index in [1.807, 2.05) is 25.1 Å². The van der Waals surface area contributed by atoms with Gasteiger partial charge in [-0.15, -0.1) is 0 Å².